The van der Waals surface area contributed by atoms with Gasteiger partial charge in [-0.05, 0) is 25.8 Å². The lowest BCUT2D eigenvalue weighted by Crippen LogP contribution is -2.60. The maximum Gasteiger partial charge on any atom is 0.417 e. The van der Waals surface area contributed by atoms with Gasteiger partial charge in [0, 0.05) is 50.1 Å². The molecule has 0 saturated carbocycles. The Morgan fingerprint density at radius 1 is 1.21 bits per heavy atom. The highest BCUT2D eigenvalue weighted by molar-refractivity contribution is 5.97. The second kappa shape index (κ2) is 9.78. The fourth-order valence-electron chi connectivity index (χ4n) is 6.76. The molecule has 3 aromatic heterocycles. The van der Waals surface area contributed by atoms with Crippen LogP contribution in [0.25, 0.3) is 22.2 Å². The molecule has 3 fully saturated rings. The van der Waals surface area contributed by atoms with Crippen molar-refractivity contribution in [1.82, 2.24) is 30.2 Å². The molecule has 0 radical (unpaired) electrons. The number of nitrogens with one attached hydrogen (secondary N) is 1. The maximum atomic E-state index is 16.4. The van der Waals surface area contributed by atoms with E-state index in [2.05, 4.69) is 25.3 Å². The summed E-state index contributed by atoms with van der Waals surface area (Å²) < 4.78 is 98.9. The van der Waals surface area contributed by atoms with Gasteiger partial charge in [-0.1, -0.05) is 6.92 Å². The number of anilines is 1. The van der Waals surface area contributed by atoms with Crippen molar-refractivity contribution in [2.75, 3.05) is 37.7 Å². The summed E-state index contributed by atoms with van der Waals surface area (Å²) >= 11 is 0. The largest absolute Gasteiger partial charge is 0.472 e. The zero-order valence-electron chi connectivity index (χ0n) is 23.4. The molecule has 7 heterocycles. The number of nitrogens with zero attached hydrogens (tertiary/aromatic N) is 6. The van der Waals surface area contributed by atoms with Crippen LogP contribution < -0.4 is 19.7 Å². The summed E-state index contributed by atoms with van der Waals surface area (Å²) in [7, 11) is 0. The van der Waals surface area contributed by atoms with Gasteiger partial charge < -0.3 is 19.7 Å². The van der Waals surface area contributed by atoms with E-state index in [0.717, 1.165) is 24.9 Å². The van der Waals surface area contributed by atoms with Gasteiger partial charge in [-0.3, -0.25) is 9.88 Å². The van der Waals surface area contributed by atoms with Gasteiger partial charge >= 0.3 is 12.2 Å². The van der Waals surface area contributed by atoms with Crippen LogP contribution in [-0.2, 0) is 6.18 Å². The van der Waals surface area contributed by atoms with Gasteiger partial charge in [-0.2, -0.15) is 23.1 Å². The lowest BCUT2D eigenvalue weighted by Gasteiger charge is -2.46. The van der Waals surface area contributed by atoms with Gasteiger partial charge in [0.2, 0.25) is 5.88 Å². The van der Waals surface area contributed by atoms with Crippen molar-refractivity contribution in [2.45, 2.75) is 68.9 Å². The average molecular weight is 610 g/mol. The molecule has 0 amide bonds. The zero-order chi connectivity index (χ0) is 30.3. The minimum atomic E-state index is -4.81. The van der Waals surface area contributed by atoms with Crippen LogP contribution in [0.15, 0.2) is 18.5 Å². The van der Waals surface area contributed by atoms with E-state index in [0.29, 0.717) is 26.1 Å². The second-order valence-electron chi connectivity index (χ2n) is 11.8. The van der Waals surface area contributed by atoms with Gasteiger partial charge in [0.1, 0.15) is 35.1 Å². The van der Waals surface area contributed by atoms with E-state index in [-0.39, 0.29) is 60.3 Å². The molecule has 0 aliphatic carbocycles. The van der Waals surface area contributed by atoms with Crippen LogP contribution in [0.2, 0.25) is 0 Å². The average Bonchev–Trinajstić information content (AvgIpc) is 3.07. The molecule has 1 N–H and O–H groups in total. The predicted molar refractivity (Wildman–Crippen MR) is 143 cm³/mol. The van der Waals surface area contributed by atoms with E-state index in [1.165, 1.54) is 0 Å². The monoisotopic (exact) mass is 609 g/mol. The molecule has 4 atom stereocenters. The fraction of sp³-hybridized carbons (Fsp3) is 0.571. The number of alkyl halides is 5. The van der Waals surface area contributed by atoms with Crippen LogP contribution in [0.4, 0.5) is 32.2 Å². The number of ether oxygens (including phenoxy) is 2. The Hall–Kier alpha value is -3.46. The first-order chi connectivity index (χ1) is 20.4. The highest BCUT2D eigenvalue weighted by atomic mass is 19.4. The summed E-state index contributed by atoms with van der Waals surface area (Å²) in [6.45, 7) is 4.81. The third kappa shape index (κ3) is 4.62. The molecule has 4 aliphatic heterocycles. The fourth-order valence-corrected chi connectivity index (χ4v) is 6.76. The first-order valence-electron chi connectivity index (χ1n) is 14.2. The van der Waals surface area contributed by atoms with Gasteiger partial charge in [-0.15, -0.1) is 0 Å². The Bertz CT molecular complexity index is 1590. The Balaban J connectivity index is 1.39. The lowest BCUT2D eigenvalue weighted by molar-refractivity contribution is -0.137. The Labute approximate surface area is 242 Å². The van der Waals surface area contributed by atoms with Crippen molar-refractivity contribution in [2.24, 2.45) is 0 Å². The van der Waals surface area contributed by atoms with Crippen molar-refractivity contribution >= 4 is 16.7 Å². The van der Waals surface area contributed by atoms with Crippen molar-refractivity contribution in [3.63, 3.8) is 0 Å². The van der Waals surface area contributed by atoms with Crippen molar-refractivity contribution in [1.29, 1.82) is 0 Å². The van der Waals surface area contributed by atoms with Gasteiger partial charge in [0.15, 0.2) is 5.82 Å². The molecular formula is C28H29F6N7O2. The molecule has 9 nitrogen and oxygen atoms in total. The highest BCUT2D eigenvalue weighted by Crippen LogP contribution is 2.48. The molecule has 0 spiro atoms. The molecule has 15 heteroatoms. The third-order valence-corrected chi connectivity index (χ3v) is 9.13. The highest BCUT2D eigenvalue weighted by Gasteiger charge is 2.60. The van der Waals surface area contributed by atoms with E-state index in [9.17, 15) is 22.0 Å². The minimum Gasteiger partial charge on any atom is -0.472 e. The molecule has 43 heavy (non-hydrogen) atoms. The summed E-state index contributed by atoms with van der Waals surface area (Å²) in [5.41, 5.74) is -3.54. The van der Waals surface area contributed by atoms with Crippen LogP contribution in [0.5, 0.6) is 11.9 Å². The van der Waals surface area contributed by atoms with Crippen LogP contribution in [0.1, 0.15) is 38.7 Å². The number of hydrogen-bond acceptors (Lipinski definition) is 9. The number of halogens is 6. The second-order valence-corrected chi connectivity index (χ2v) is 11.8. The number of aromatic nitrogens is 4. The summed E-state index contributed by atoms with van der Waals surface area (Å²) in [5.74, 6) is -3.83. The minimum absolute atomic E-state index is 0.0735. The molecule has 0 bridgehead atoms. The van der Waals surface area contributed by atoms with Gasteiger partial charge in [-0.25, -0.2) is 18.2 Å². The van der Waals surface area contributed by atoms with E-state index < -0.39 is 46.4 Å². The number of piperazine rings is 1. The zero-order valence-corrected chi connectivity index (χ0v) is 23.4. The topological polar surface area (TPSA) is 88.5 Å². The quantitative estimate of drug-likeness (QED) is 0.422. The number of hydrogen-bond donors (Lipinski definition) is 1. The Morgan fingerprint density at radius 3 is 2.72 bits per heavy atom. The number of rotatable bonds is 5. The van der Waals surface area contributed by atoms with Crippen molar-refractivity contribution < 1.29 is 35.8 Å². The number of fused-ring (bicyclic) bond motifs is 3. The van der Waals surface area contributed by atoms with Crippen LogP contribution in [0.3, 0.4) is 0 Å². The molecule has 230 valence electrons. The Kier molecular flexibility index (Phi) is 6.44. The molecule has 3 saturated heterocycles. The van der Waals surface area contributed by atoms with E-state index in [1.807, 2.05) is 11.8 Å². The molecule has 4 aliphatic rings. The summed E-state index contributed by atoms with van der Waals surface area (Å²) in [6, 6.07) is 0.278. The SMILES string of the molecule is CC[C@@H]1CN2c3nc(OC[C@]45CCN4CC(F)(F)C5)nc4c(F)c(-c5cnccc5C(F)(F)F)nc(c34)O[C@@H](C)[C@@H]2CN1. The van der Waals surface area contributed by atoms with Gasteiger partial charge in [0.25, 0.3) is 5.92 Å². The van der Waals surface area contributed by atoms with Crippen LogP contribution >= 0.6 is 0 Å². The first-order valence-corrected chi connectivity index (χ1v) is 14.2. The van der Waals surface area contributed by atoms with Crippen LogP contribution in [-0.4, -0.2) is 87.3 Å². The number of pyridine rings is 2. The van der Waals surface area contributed by atoms with Crippen molar-refractivity contribution in [3.05, 3.63) is 29.8 Å². The third-order valence-electron chi connectivity index (χ3n) is 9.13. The molecule has 3 aromatic rings. The van der Waals surface area contributed by atoms with Crippen LogP contribution in [0, 0.1) is 5.82 Å². The summed E-state index contributed by atoms with van der Waals surface area (Å²) in [4.78, 5) is 20.6. The molecular weight excluding hydrogens is 580 g/mol. The van der Waals surface area contributed by atoms with Crippen molar-refractivity contribution in [3.8, 4) is 23.1 Å². The predicted octanol–water partition coefficient (Wildman–Crippen LogP) is 4.44. The molecule has 7 rings (SSSR count). The maximum absolute atomic E-state index is 16.4. The normalized spacial score (nSPS) is 28.1. The van der Waals surface area contributed by atoms with E-state index in [4.69, 9.17) is 9.47 Å². The lowest BCUT2D eigenvalue weighted by atomic mass is 9.85. The Morgan fingerprint density at radius 2 is 2.02 bits per heavy atom. The summed E-state index contributed by atoms with van der Waals surface area (Å²) in [6.07, 6.45) is -2.54. The summed E-state index contributed by atoms with van der Waals surface area (Å²) in [5, 5.41) is 3.56. The van der Waals surface area contributed by atoms with Gasteiger partial charge in [0.05, 0.1) is 23.7 Å². The standard InChI is InChI=1S/C28H29F6N7O2/c1-3-15-10-41-18(9-36-15)14(2)43-24-19-22(20(29)21(37-24)16-8-35-6-4-17(16)28(32,33)34)38-25(39-23(19)41)42-13-26-5-7-40(26)12-27(30,31)11-26/h4,6,8,14-15,18,36H,3,5,7,9-13H2,1-2H3/t14-,15+,18-,26+/m0/s1. The van der Waals surface area contributed by atoms with E-state index in [1.54, 1.807) is 11.8 Å². The smallest absolute Gasteiger partial charge is 0.417 e. The first kappa shape index (κ1) is 28.3. The van der Waals surface area contributed by atoms with E-state index >= 15 is 4.39 Å². The molecule has 0 unspecified atom stereocenters. The molecule has 0 aromatic carbocycles.